The first-order chi connectivity index (χ1) is 13.4. The molecule has 3 rings (SSSR count). The third-order valence-corrected chi connectivity index (χ3v) is 5.65. The molecule has 0 aliphatic heterocycles. The van der Waals surface area contributed by atoms with Gasteiger partial charge >= 0.3 is 6.18 Å². The highest BCUT2D eigenvalue weighted by molar-refractivity contribution is 6.29. The lowest BCUT2D eigenvalue weighted by Gasteiger charge is -2.34. The number of alkyl halides is 3. The zero-order chi connectivity index (χ0) is 21.4. The van der Waals surface area contributed by atoms with Gasteiger partial charge < -0.3 is 15.5 Å². The van der Waals surface area contributed by atoms with Crippen LogP contribution in [0.2, 0.25) is 5.15 Å². The van der Waals surface area contributed by atoms with Crippen LogP contribution < -0.4 is 5.32 Å². The number of anilines is 1. The minimum atomic E-state index is -4.81. The van der Waals surface area contributed by atoms with Gasteiger partial charge in [-0.15, -0.1) is 0 Å². The third kappa shape index (κ3) is 4.82. The molecule has 2 aromatic heterocycles. The molecule has 3 N–H and O–H groups in total. The zero-order valence-electron chi connectivity index (χ0n) is 16.1. The Hall–Kier alpha value is -1.90. The van der Waals surface area contributed by atoms with E-state index in [2.05, 4.69) is 15.3 Å². The maximum atomic E-state index is 13.0. The van der Waals surface area contributed by atoms with Crippen molar-refractivity contribution in [2.75, 3.05) is 5.32 Å². The van der Waals surface area contributed by atoms with Crippen LogP contribution in [0, 0.1) is 0 Å². The summed E-state index contributed by atoms with van der Waals surface area (Å²) in [6.45, 7) is 2.51. The number of hydrogen-bond donors (Lipinski definition) is 3. The van der Waals surface area contributed by atoms with Crippen LogP contribution in [0.3, 0.4) is 0 Å². The Morgan fingerprint density at radius 2 is 1.83 bits per heavy atom. The van der Waals surface area contributed by atoms with Gasteiger partial charge in [-0.25, -0.2) is 4.98 Å². The van der Waals surface area contributed by atoms with Crippen molar-refractivity contribution in [2.45, 2.75) is 63.0 Å². The molecule has 1 atom stereocenters. The molecule has 0 aromatic carbocycles. The van der Waals surface area contributed by atoms with Gasteiger partial charge in [0, 0.05) is 35.2 Å². The molecular weight excluding hydrogens is 407 g/mol. The second kappa shape index (κ2) is 7.74. The number of aromatic nitrogens is 2. The first-order valence-corrected chi connectivity index (χ1v) is 9.67. The van der Waals surface area contributed by atoms with E-state index >= 15 is 0 Å². The SMILES string of the molecule is CC1(O)CCC(Nc2cc(Cl)ncc2-c2ccc(C(C)(O)C(F)(F)F)cn2)CC1. The van der Waals surface area contributed by atoms with E-state index < -0.39 is 17.4 Å². The molecule has 29 heavy (non-hydrogen) atoms. The van der Waals surface area contributed by atoms with Crippen LogP contribution in [0.15, 0.2) is 30.6 Å². The van der Waals surface area contributed by atoms with Gasteiger partial charge in [-0.05, 0) is 51.7 Å². The molecule has 0 radical (unpaired) electrons. The number of hydrogen-bond acceptors (Lipinski definition) is 5. The lowest BCUT2D eigenvalue weighted by atomic mass is 9.83. The van der Waals surface area contributed by atoms with Crippen molar-refractivity contribution in [3.63, 3.8) is 0 Å². The number of pyridine rings is 2. The van der Waals surface area contributed by atoms with Crippen molar-refractivity contribution in [1.82, 2.24) is 9.97 Å². The van der Waals surface area contributed by atoms with E-state index in [1.807, 2.05) is 6.92 Å². The number of nitrogens with one attached hydrogen (secondary N) is 1. The molecule has 0 bridgehead atoms. The van der Waals surface area contributed by atoms with Crippen molar-refractivity contribution in [1.29, 1.82) is 0 Å². The minimum absolute atomic E-state index is 0.123. The summed E-state index contributed by atoms with van der Waals surface area (Å²) in [5.41, 5.74) is -2.34. The van der Waals surface area contributed by atoms with Crippen LogP contribution in [-0.2, 0) is 5.60 Å². The highest BCUT2D eigenvalue weighted by Gasteiger charge is 2.51. The molecule has 158 valence electrons. The molecule has 5 nitrogen and oxygen atoms in total. The Labute approximate surface area is 172 Å². The monoisotopic (exact) mass is 429 g/mol. The van der Waals surface area contributed by atoms with Crippen LogP contribution in [0.4, 0.5) is 18.9 Å². The summed E-state index contributed by atoms with van der Waals surface area (Å²) in [4.78, 5) is 8.17. The van der Waals surface area contributed by atoms with Gasteiger partial charge in [0.2, 0.25) is 0 Å². The van der Waals surface area contributed by atoms with Crippen LogP contribution in [0.1, 0.15) is 45.1 Å². The second-order valence-corrected chi connectivity index (χ2v) is 8.36. The number of nitrogens with zero attached hydrogens (tertiary/aromatic N) is 2. The number of halogens is 4. The maximum absolute atomic E-state index is 13.0. The molecular formula is C20H23ClF3N3O2. The average molecular weight is 430 g/mol. The van der Waals surface area contributed by atoms with Gasteiger partial charge in [-0.3, -0.25) is 4.98 Å². The van der Waals surface area contributed by atoms with Crippen molar-refractivity contribution in [2.24, 2.45) is 0 Å². The normalized spacial score (nSPS) is 24.8. The van der Waals surface area contributed by atoms with E-state index in [0.717, 1.165) is 19.0 Å². The average Bonchev–Trinajstić information content (AvgIpc) is 2.63. The summed E-state index contributed by atoms with van der Waals surface area (Å²) < 4.78 is 39.1. The van der Waals surface area contributed by atoms with Gasteiger partial charge in [0.1, 0.15) is 5.15 Å². The third-order valence-electron chi connectivity index (χ3n) is 5.45. The lowest BCUT2D eigenvalue weighted by Crippen LogP contribution is -2.39. The predicted molar refractivity (Wildman–Crippen MR) is 105 cm³/mol. The highest BCUT2D eigenvalue weighted by Crippen LogP contribution is 2.39. The molecule has 1 aliphatic rings. The van der Waals surface area contributed by atoms with Gasteiger partial charge in [-0.1, -0.05) is 17.7 Å². The van der Waals surface area contributed by atoms with Crippen LogP contribution >= 0.6 is 11.6 Å². The summed E-state index contributed by atoms with van der Waals surface area (Å²) in [6.07, 6.45) is 0.580. The molecule has 1 saturated carbocycles. The van der Waals surface area contributed by atoms with E-state index in [1.54, 1.807) is 6.07 Å². The first-order valence-electron chi connectivity index (χ1n) is 9.29. The quantitative estimate of drug-likeness (QED) is 0.615. The number of rotatable bonds is 4. The fraction of sp³-hybridized carbons (Fsp3) is 0.500. The lowest BCUT2D eigenvalue weighted by molar-refractivity contribution is -0.259. The van der Waals surface area contributed by atoms with E-state index in [9.17, 15) is 23.4 Å². The van der Waals surface area contributed by atoms with Gasteiger partial charge in [0.05, 0.1) is 11.3 Å². The van der Waals surface area contributed by atoms with Crippen LogP contribution in [0.25, 0.3) is 11.3 Å². The zero-order valence-corrected chi connectivity index (χ0v) is 16.8. The Bertz CT molecular complexity index is 860. The number of aliphatic hydroxyl groups is 2. The summed E-state index contributed by atoms with van der Waals surface area (Å²) in [7, 11) is 0. The Kier molecular flexibility index (Phi) is 5.82. The largest absolute Gasteiger partial charge is 0.421 e. The van der Waals surface area contributed by atoms with Crippen molar-refractivity contribution >= 4 is 17.3 Å². The van der Waals surface area contributed by atoms with E-state index in [4.69, 9.17) is 11.6 Å². The Balaban J connectivity index is 1.86. The summed E-state index contributed by atoms with van der Waals surface area (Å²) >= 11 is 6.03. The molecule has 1 fully saturated rings. The van der Waals surface area contributed by atoms with Crippen molar-refractivity contribution < 1.29 is 23.4 Å². The molecule has 1 aliphatic carbocycles. The molecule has 9 heteroatoms. The molecule has 2 aromatic rings. The van der Waals surface area contributed by atoms with E-state index in [-0.39, 0.29) is 16.8 Å². The highest BCUT2D eigenvalue weighted by atomic mass is 35.5. The van der Waals surface area contributed by atoms with E-state index in [1.165, 1.54) is 18.3 Å². The van der Waals surface area contributed by atoms with Crippen molar-refractivity contribution in [3.8, 4) is 11.3 Å². The van der Waals surface area contributed by atoms with Gasteiger partial charge in [0.25, 0.3) is 0 Å². The standard InChI is InChI=1S/C20H23ClF3N3O2/c1-18(28)7-5-13(6-8-18)27-16-9-17(21)26-11-14(16)15-4-3-12(10-25-15)19(2,29)20(22,23)24/h3-4,9-11,13,28-29H,5-8H2,1-2H3,(H,26,27). The maximum Gasteiger partial charge on any atom is 0.421 e. The smallest absolute Gasteiger partial charge is 0.390 e. The minimum Gasteiger partial charge on any atom is -0.390 e. The van der Waals surface area contributed by atoms with Crippen LogP contribution in [0.5, 0.6) is 0 Å². The van der Waals surface area contributed by atoms with E-state index in [0.29, 0.717) is 36.7 Å². The summed E-state index contributed by atoms with van der Waals surface area (Å²) in [5, 5.41) is 23.6. The van der Waals surface area contributed by atoms with Gasteiger partial charge in [0.15, 0.2) is 5.60 Å². The molecule has 1 unspecified atom stereocenters. The van der Waals surface area contributed by atoms with Crippen LogP contribution in [-0.4, -0.2) is 38.0 Å². The van der Waals surface area contributed by atoms with Crippen molar-refractivity contribution in [3.05, 3.63) is 41.3 Å². The first kappa shape index (κ1) is 21.8. The second-order valence-electron chi connectivity index (χ2n) is 7.97. The Morgan fingerprint density at radius 1 is 1.17 bits per heavy atom. The molecule has 2 heterocycles. The summed E-state index contributed by atoms with van der Waals surface area (Å²) in [6, 6.07) is 4.38. The predicted octanol–water partition coefficient (Wildman–Crippen LogP) is 4.67. The Morgan fingerprint density at radius 3 is 2.38 bits per heavy atom. The topological polar surface area (TPSA) is 78.3 Å². The summed E-state index contributed by atoms with van der Waals surface area (Å²) in [5.74, 6) is 0. The van der Waals surface area contributed by atoms with Gasteiger partial charge in [-0.2, -0.15) is 13.2 Å². The molecule has 0 saturated heterocycles. The fourth-order valence-electron chi connectivity index (χ4n) is 3.36. The fourth-order valence-corrected chi connectivity index (χ4v) is 3.52. The molecule has 0 spiro atoms. The molecule has 0 amide bonds.